The molecule has 1 unspecified atom stereocenters. The molecule has 1 N–H and O–H groups in total. The summed E-state index contributed by atoms with van der Waals surface area (Å²) in [5.41, 5.74) is 0.853. The van der Waals surface area contributed by atoms with E-state index in [0.29, 0.717) is 53.1 Å². The van der Waals surface area contributed by atoms with E-state index >= 15 is 0 Å². The predicted molar refractivity (Wildman–Crippen MR) is 129 cm³/mol. The third-order valence-electron chi connectivity index (χ3n) is 6.26. The molecule has 0 bridgehead atoms. The Morgan fingerprint density at radius 1 is 1.06 bits per heavy atom. The van der Waals surface area contributed by atoms with Crippen molar-refractivity contribution in [2.24, 2.45) is 0 Å². The number of thiophene rings is 1. The molecule has 4 heterocycles. The van der Waals surface area contributed by atoms with Gasteiger partial charge in [0, 0.05) is 10.4 Å². The van der Waals surface area contributed by atoms with E-state index in [1.54, 1.807) is 30.3 Å². The van der Waals surface area contributed by atoms with E-state index in [9.17, 15) is 14.7 Å². The second kappa shape index (κ2) is 8.80. The minimum absolute atomic E-state index is 0.0295. The van der Waals surface area contributed by atoms with Crippen molar-refractivity contribution in [3.63, 3.8) is 0 Å². The van der Waals surface area contributed by atoms with Gasteiger partial charge in [0.1, 0.15) is 19.0 Å². The number of fused-ring (bicyclic) bond motifs is 2. The van der Waals surface area contributed by atoms with Crippen LogP contribution in [0.25, 0.3) is 5.76 Å². The summed E-state index contributed by atoms with van der Waals surface area (Å²) in [4.78, 5) is 29.0. The number of carbonyl (C=O) groups is 2. The molecule has 0 aliphatic carbocycles. The molecule has 9 nitrogen and oxygen atoms in total. The van der Waals surface area contributed by atoms with E-state index in [4.69, 9.17) is 23.7 Å². The molecule has 0 spiro atoms. The third-order valence-corrected chi connectivity index (χ3v) is 7.12. The van der Waals surface area contributed by atoms with Crippen LogP contribution >= 0.6 is 11.3 Å². The summed E-state index contributed by atoms with van der Waals surface area (Å²) in [6.07, 6.45) is 0. The lowest BCUT2D eigenvalue weighted by molar-refractivity contribution is -0.140. The Balaban J connectivity index is 1.51. The van der Waals surface area contributed by atoms with Crippen molar-refractivity contribution < 1.29 is 38.4 Å². The maximum atomic E-state index is 13.4. The molecule has 1 atom stereocenters. The summed E-state index contributed by atoms with van der Waals surface area (Å²) in [5, 5.41) is 13.3. The average molecular weight is 508 g/mol. The number of aliphatic hydroxyl groups excluding tert-OH is 1. The Kier molecular flexibility index (Phi) is 5.45. The van der Waals surface area contributed by atoms with E-state index < -0.39 is 17.7 Å². The van der Waals surface area contributed by atoms with Gasteiger partial charge in [-0.05, 0) is 47.3 Å². The van der Waals surface area contributed by atoms with Gasteiger partial charge in [0.25, 0.3) is 11.7 Å². The summed E-state index contributed by atoms with van der Waals surface area (Å²) in [6.45, 7) is 1.03. The third kappa shape index (κ3) is 3.61. The topological polar surface area (TPSA) is 104 Å². The van der Waals surface area contributed by atoms with Crippen LogP contribution in [-0.2, 0) is 16.1 Å². The molecule has 0 saturated carbocycles. The molecule has 3 aliphatic rings. The number of benzene rings is 2. The maximum absolute atomic E-state index is 13.4. The van der Waals surface area contributed by atoms with Gasteiger partial charge < -0.3 is 33.7 Å². The largest absolute Gasteiger partial charge is 0.507 e. The Bertz CT molecular complexity index is 1400. The fourth-order valence-electron chi connectivity index (χ4n) is 4.61. The molecule has 0 radical (unpaired) electrons. The quantitative estimate of drug-likeness (QED) is 0.315. The molecule has 2 aromatic carbocycles. The number of carbonyl (C=O) groups excluding carboxylic acids is 2. The van der Waals surface area contributed by atoms with Crippen LogP contribution in [0.4, 0.5) is 0 Å². The van der Waals surface area contributed by atoms with Crippen LogP contribution in [0.15, 0.2) is 53.4 Å². The van der Waals surface area contributed by atoms with Crippen LogP contribution < -0.4 is 23.7 Å². The summed E-state index contributed by atoms with van der Waals surface area (Å²) < 4.78 is 27.8. The second-order valence-corrected chi connectivity index (χ2v) is 9.35. The molecule has 184 valence electrons. The Morgan fingerprint density at radius 2 is 1.89 bits per heavy atom. The zero-order chi connectivity index (χ0) is 24.8. The number of nitrogens with zero attached hydrogens (tertiary/aromatic N) is 1. The zero-order valence-electron chi connectivity index (χ0n) is 19.2. The molecule has 1 amide bonds. The smallest absolute Gasteiger partial charge is 0.295 e. The van der Waals surface area contributed by atoms with Gasteiger partial charge in [-0.1, -0.05) is 6.07 Å². The van der Waals surface area contributed by atoms with Gasteiger partial charge in [-0.2, -0.15) is 0 Å². The number of hydrogen-bond acceptors (Lipinski definition) is 9. The summed E-state index contributed by atoms with van der Waals surface area (Å²) in [5.74, 6) is 0.507. The fourth-order valence-corrected chi connectivity index (χ4v) is 5.32. The van der Waals surface area contributed by atoms with Gasteiger partial charge in [0.15, 0.2) is 23.0 Å². The van der Waals surface area contributed by atoms with Crippen LogP contribution in [-0.4, -0.2) is 48.8 Å². The number of likely N-dealkylation sites (tertiary alicyclic amines) is 1. The molecular weight excluding hydrogens is 486 g/mol. The Labute approximate surface area is 210 Å². The molecule has 1 saturated heterocycles. The molecule has 3 aromatic rings. The first-order valence-electron chi connectivity index (χ1n) is 11.2. The predicted octanol–water partition coefficient (Wildman–Crippen LogP) is 3.88. The second-order valence-electron chi connectivity index (χ2n) is 8.32. The summed E-state index contributed by atoms with van der Waals surface area (Å²) in [6, 6.07) is 11.2. The molecule has 10 heteroatoms. The highest BCUT2D eigenvalue weighted by molar-refractivity contribution is 7.09. The maximum Gasteiger partial charge on any atom is 0.295 e. The normalized spacial score (nSPS) is 19.6. The standard InChI is InChI=1S/C26H21NO8S/c1-31-19-10-15(11-20-25(19)35-13-34-20)22-21(24(29)26(30)27(22)12-16-3-2-8-36-16)23(28)14-4-5-17-18(9-14)33-7-6-32-17/h2-5,8-11,22,28H,6-7,12-13H2,1H3/b23-21+. The van der Waals surface area contributed by atoms with E-state index in [1.165, 1.54) is 23.3 Å². The monoisotopic (exact) mass is 507 g/mol. The molecule has 1 aromatic heterocycles. The van der Waals surface area contributed by atoms with Crippen LogP contribution in [0.1, 0.15) is 22.0 Å². The minimum Gasteiger partial charge on any atom is -0.507 e. The Hall–Kier alpha value is -4.18. The van der Waals surface area contributed by atoms with Crippen molar-refractivity contribution >= 4 is 28.8 Å². The van der Waals surface area contributed by atoms with Crippen molar-refractivity contribution in [3.8, 4) is 28.7 Å². The van der Waals surface area contributed by atoms with E-state index in [2.05, 4.69) is 0 Å². The van der Waals surface area contributed by atoms with Crippen molar-refractivity contribution in [2.45, 2.75) is 12.6 Å². The van der Waals surface area contributed by atoms with Crippen molar-refractivity contribution in [2.75, 3.05) is 27.1 Å². The number of amides is 1. The van der Waals surface area contributed by atoms with Crippen molar-refractivity contribution in [1.82, 2.24) is 4.90 Å². The number of ether oxygens (including phenoxy) is 5. The van der Waals surface area contributed by atoms with Gasteiger partial charge >= 0.3 is 0 Å². The van der Waals surface area contributed by atoms with Crippen molar-refractivity contribution in [3.05, 3.63) is 69.4 Å². The van der Waals surface area contributed by atoms with E-state index in [-0.39, 0.29) is 24.7 Å². The molecule has 3 aliphatic heterocycles. The number of rotatable bonds is 5. The van der Waals surface area contributed by atoms with E-state index in [1.807, 2.05) is 17.5 Å². The number of methoxy groups -OCH3 is 1. The zero-order valence-corrected chi connectivity index (χ0v) is 20.0. The summed E-state index contributed by atoms with van der Waals surface area (Å²) >= 11 is 1.48. The first-order chi connectivity index (χ1) is 17.5. The van der Waals surface area contributed by atoms with Gasteiger partial charge in [0.05, 0.1) is 25.3 Å². The number of aliphatic hydroxyl groups is 1. The first-order valence-corrected chi connectivity index (χ1v) is 12.1. The number of hydrogen-bond donors (Lipinski definition) is 1. The van der Waals surface area contributed by atoms with Gasteiger partial charge in [0.2, 0.25) is 12.5 Å². The SMILES string of the molecule is COc1cc(C2/C(=C(\O)c3ccc4c(c3)OCCO4)C(=O)C(=O)N2Cc2cccs2)cc2c1OCO2. The molecule has 36 heavy (non-hydrogen) atoms. The number of ketones is 1. The minimum atomic E-state index is -0.885. The number of Topliss-reactive ketones (excluding diaryl/α,β-unsaturated/α-hetero) is 1. The highest BCUT2D eigenvalue weighted by Crippen LogP contribution is 2.48. The van der Waals surface area contributed by atoms with Gasteiger partial charge in [-0.15, -0.1) is 11.3 Å². The molecular formula is C26H21NO8S. The van der Waals surface area contributed by atoms with Crippen molar-refractivity contribution in [1.29, 1.82) is 0 Å². The van der Waals surface area contributed by atoms with Gasteiger partial charge in [-0.3, -0.25) is 9.59 Å². The van der Waals surface area contributed by atoms with Crippen LogP contribution in [0, 0.1) is 0 Å². The van der Waals surface area contributed by atoms with Gasteiger partial charge in [-0.25, -0.2) is 0 Å². The Morgan fingerprint density at radius 3 is 2.67 bits per heavy atom. The lowest BCUT2D eigenvalue weighted by Gasteiger charge is -2.25. The average Bonchev–Trinajstić information content (AvgIpc) is 3.65. The van der Waals surface area contributed by atoms with Crippen LogP contribution in [0.2, 0.25) is 0 Å². The van der Waals surface area contributed by atoms with E-state index in [0.717, 1.165) is 4.88 Å². The van der Waals surface area contributed by atoms with Crippen LogP contribution in [0.5, 0.6) is 28.7 Å². The fraction of sp³-hybridized carbons (Fsp3) is 0.231. The molecule has 1 fully saturated rings. The summed E-state index contributed by atoms with van der Waals surface area (Å²) in [7, 11) is 1.50. The highest BCUT2D eigenvalue weighted by atomic mass is 32.1. The van der Waals surface area contributed by atoms with Crippen LogP contribution in [0.3, 0.4) is 0 Å². The first kappa shape index (κ1) is 22.3. The highest BCUT2D eigenvalue weighted by Gasteiger charge is 2.47. The molecule has 6 rings (SSSR count). The lowest BCUT2D eigenvalue weighted by atomic mass is 9.94. The lowest BCUT2D eigenvalue weighted by Crippen LogP contribution is -2.28.